The van der Waals surface area contributed by atoms with Gasteiger partial charge < -0.3 is 64.9 Å². The zero-order valence-corrected chi connectivity index (χ0v) is 50.4. The third kappa shape index (κ3) is 14.0. The molecule has 0 radical (unpaired) electrons. The highest BCUT2D eigenvalue weighted by molar-refractivity contribution is 9.10. The summed E-state index contributed by atoms with van der Waals surface area (Å²) in [5.41, 5.74) is 13.6. The molecule has 0 saturated carbocycles. The molecule has 0 spiro atoms. The standard InChI is InChI=1S/2C26H32BrN7O5S/c2*1-14(31-25(36)39-26(2,3)4)23(35)33-7-5-6-15(10-33)11-34-22-20(21(28)29-12-30-22)32-24(34)40-19-9-18-17(8-16(19)27)37-13-38-18/h8-9,12,14-15H,5-7,10-11,13H2,1-4H3,(H,31,36)(H2,28,29,30);8-9,12,14-15H,5-7,10-11,13H2,1-4H3,(H3,28,29,30,31,36)/p+1/t2*14-,15?/m00/s1. The van der Waals surface area contributed by atoms with E-state index in [-0.39, 0.29) is 37.2 Å². The minimum atomic E-state index is -0.704. The maximum atomic E-state index is 13.2. The van der Waals surface area contributed by atoms with Gasteiger partial charge in [0, 0.05) is 57.4 Å². The molecular formula is C52H65Br2N14O10S2+. The number of hydrogen-bond donors (Lipinski definition) is 5. The van der Waals surface area contributed by atoms with Gasteiger partial charge in [-0.15, -0.1) is 0 Å². The molecule has 4 aliphatic rings. The first-order valence-corrected chi connectivity index (χ1v) is 29.3. The summed E-state index contributed by atoms with van der Waals surface area (Å²) in [6, 6.07) is 6.21. The summed E-state index contributed by atoms with van der Waals surface area (Å²) < 4.78 is 38.6. The lowest BCUT2D eigenvalue weighted by Gasteiger charge is -2.35. The van der Waals surface area contributed by atoms with E-state index < -0.39 is 35.5 Å². The van der Waals surface area contributed by atoms with Gasteiger partial charge >= 0.3 is 17.8 Å². The summed E-state index contributed by atoms with van der Waals surface area (Å²) in [6.45, 7) is 18.0. The molecule has 0 bridgehead atoms. The lowest BCUT2D eigenvalue weighted by atomic mass is 9.97. The highest BCUT2D eigenvalue weighted by atomic mass is 79.9. The smallest absolute Gasteiger partial charge is 0.408 e. The second kappa shape index (κ2) is 24.3. The number of ether oxygens (including phenoxy) is 6. The molecule has 4 atom stereocenters. The molecule has 24 nitrogen and oxygen atoms in total. The van der Waals surface area contributed by atoms with Crippen molar-refractivity contribution in [2.75, 3.05) is 51.2 Å². The molecule has 10 rings (SSSR count). The number of nitrogens with two attached hydrogens (primary N) is 2. The van der Waals surface area contributed by atoms with Crippen molar-refractivity contribution in [2.24, 2.45) is 11.8 Å². The molecule has 4 amide bonds. The zero-order valence-electron chi connectivity index (χ0n) is 45.6. The number of aromatic nitrogens is 8. The molecule has 2 aromatic carbocycles. The molecule has 2 unspecified atom stereocenters. The molecular weight excluding hydrogens is 1200 g/mol. The van der Waals surface area contributed by atoms with E-state index in [9.17, 15) is 19.2 Å². The van der Waals surface area contributed by atoms with Crippen molar-refractivity contribution >= 4 is 113 Å². The van der Waals surface area contributed by atoms with Crippen LogP contribution >= 0.6 is 55.4 Å². The Labute approximate surface area is 487 Å². The number of H-pyrrole nitrogens is 1. The van der Waals surface area contributed by atoms with Crippen LogP contribution in [0.25, 0.3) is 22.3 Å². The second-order valence-electron chi connectivity index (χ2n) is 21.7. The Kier molecular flexibility index (Phi) is 17.7. The Bertz CT molecular complexity index is 3100. The van der Waals surface area contributed by atoms with Gasteiger partial charge in [0.25, 0.3) is 5.16 Å². The molecule has 6 aromatic rings. The summed E-state index contributed by atoms with van der Waals surface area (Å²) in [4.78, 5) is 81.8. The number of rotatable bonds is 12. The Hall–Kier alpha value is -6.52. The quantitative estimate of drug-likeness (QED) is 0.0729. The number of amides is 4. The van der Waals surface area contributed by atoms with Crippen LogP contribution in [-0.4, -0.2) is 131 Å². The average Bonchev–Trinajstić information content (AvgIpc) is 4.24. The van der Waals surface area contributed by atoms with Crippen LogP contribution in [0.15, 0.2) is 66.0 Å². The van der Waals surface area contributed by atoms with E-state index in [1.54, 1.807) is 60.3 Å². The molecule has 4 aromatic heterocycles. The Morgan fingerprint density at radius 2 is 1.24 bits per heavy atom. The van der Waals surface area contributed by atoms with E-state index in [1.807, 2.05) is 33.7 Å². The van der Waals surface area contributed by atoms with E-state index in [2.05, 4.69) is 72.0 Å². The average molecular weight is 1270 g/mol. The van der Waals surface area contributed by atoms with Crippen molar-refractivity contribution in [3.63, 3.8) is 0 Å². The molecule has 428 valence electrons. The maximum Gasteiger partial charge on any atom is 0.408 e. The predicted octanol–water partition coefficient (Wildman–Crippen LogP) is 7.82. The first kappa shape index (κ1) is 58.1. The van der Waals surface area contributed by atoms with Crippen LogP contribution in [0.3, 0.4) is 0 Å². The summed E-state index contributed by atoms with van der Waals surface area (Å²) in [5, 5.41) is 6.85. The molecule has 0 aliphatic carbocycles. The van der Waals surface area contributed by atoms with E-state index in [0.717, 1.165) is 49.6 Å². The van der Waals surface area contributed by atoms with E-state index in [1.165, 1.54) is 36.2 Å². The molecule has 80 heavy (non-hydrogen) atoms. The number of nitrogens with one attached hydrogen (secondary N) is 3. The van der Waals surface area contributed by atoms with Crippen LogP contribution in [0.2, 0.25) is 0 Å². The fraction of sp³-hybridized carbons (Fsp3) is 0.500. The Balaban J connectivity index is 0.000000194. The lowest BCUT2D eigenvalue weighted by molar-refractivity contribution is -0.716. The van der Waals surface area contributed by atoms with Gasteiger partial charge in [-0.3, -0.25) is 14.6 Å². The third-order valence-corrected chi connectivity index (χ3v) is 17.1. The van der Waals surface area contributed by atoms with Crippen LogP contribution in [0.4, 0.5) is 21.2 Å². The fourth-order valence-corrected chi connectivity index (χ4v) is 12.6. The first-order valence-electron chi connectivity index (χ1n) is 26.1. The molecule has 28 heteroatoms. The lowest BCUT2D eigenvalue weighted by Crippen LogP contribution is -2.52. The molecule has 2 saturated heterocycles. The Morgan fingerprint density at radius 3 is 1.80 bits per heavy atom. The number of imidazole rings is 2. The van der Waals surface area contributed by atoms with Crippen molar-refractivity contribution in [2.45, 2.75) is 138 Å². The van der Waals surface area contributed by atoms with Crippen LogP contribution in [0.5, 0.6) is 23.0 Å². The van der Waals surface area contributed by atoms with Crippen LogP contribution in [-0.2, 0) is 32.2 Å². The van der Waals surface area contributed by atoms with Gasteiger partial charge in [-0.2, -0.15) is 4.98 Å². The summed E-state index contributed by atoms with van der Waals surface area (Å²) in [7, 11) is 0. The number of fused-ring (bicyclic) bond motifs is 4. The van der Waals surface area contributed by atoms with E-state index >= 15 is 0 Å². The van der Waals surface area contributed by atoms with Gasteiger partial charge in [-0.25, -0.2) is 29.1 Å². The molecule has 8 heterocycles. The predicted molar refractivity (Wildman–Crippen MR) is 303 cm³/mol. The van der Waals surface area contributed by atoms with Crippen molar-refractivity contribution in [1.82, 2.24) is 54.9 Å². The van der Waals surface area contributed by atoms with Crippen LogP contribution in [0, 0.1) is 11.8 Å². The SMILES string of the molecule is C[C@H](NC(=O)OC(C)(C)C)C(=O)N1CCCC(C[n+]2c(Sc3cc4c(cc3Br)OCO4)[nH]c3c(N)ncnc32)C1.C[C@H](NC(=O)OC(C)(C)C)C(=O)N1CCCC(Cn2c(Sc3cc4c(cc3Br)OCO4)nc3c(N)ncnc32)C1. The minimum absolute atomic E-state index is 0.134. The second-order valence-corrected chi connectivity index (χ2v) is 25.5. The highest BCUT2D eigenvalue weighted by Crippen LogP contribution is 2.45. The topological polar surface area (TPSA) is 295 Å². The number of alkyl carbamates (subject to hydrolysis) is 2. The zero-order chi connectivity index (χ0) is 57.2. The van der Waals surface area contributed by atoms with Crippen molar-refractivity contribution in [3.8, 4) is 23.0 Å². The number of nitrogens with zero attached hydrogens (tertiary/aromatic N) is 9. The summed E-state index contributed by atoms with van der Waals surface area (Å²) in [6.07, 6.45) is 5.23. The van der Waals surface area contributed by atoms with E-state index in [0.29, 0.717) is 101 Å². The number of carbonyl (C=O) groups excluding carboxylic acids is 4. The number of likely N-dealkylation sites (tertiary alicyclic amines) is 2. The number of carbonyl (C=O) groups is 4. The largest absolute Gasteiger partial charge is 0.454 e. The van der Waals surface area contributed by atoms with Crippen molar-refractivity contribution < 1.29 is 52.2 Å². The molecule has 2 fully saturated rings. The van der Waals surface area contributed by atoms with Gasteiger partial charge in [0.05, 0.1) is 6.54 Å². The monoisotopic (exact) mass is 1270 g/mol. The van der Waals surface area contributed by atoms with Gasteiger partial charge in [0.2, 0.25) is 30.9 Å². The Morgan fingerprint density at radius 1 is 0.738 bits per heavy atom. The summed E-state index contributed by atoms with van der Waals surface area (Å²) >= 11 is 10.2. The molecule has 7 N–H and O–H groups in total. The van der Waals surface area contributed by atoms with Crippen LogP contribution < -0.4 is 45.6 Å². The number of benzene rings is 2. The number of aromatic amines is 1. The number of halogens is 2. The highest BCUT2D eigenvalue weighted by Gasteiger charge is 2.34. The third-order valence-electron chi connectivity index (χ3n) is 13.1. The van der Waals surface area contributed by atoms with E-state index in [4.69, 9.17) is 44.9 Å². The van der Waals surface area contributed by atoms with Crippen molar-refractivity contribution in [1.29, 1.82) is 0 Å². The number of nitrogen functional groups attached to an aromatic ring is 2. The number of piperidine rings is 2. The fourth-order valence-electron chi connectivity index (χ4n) is 9.55. The number of hydrogen-bond acceptors (Lipinski definition) is 19. The minimum Gasteiger partial charge on any atom is -0.454 e. The normalized spacial score (nSPS) is 17.6. The molecule has 4 aliphatic heterocycles. The van der Waals surface area contributed by atoms with Gasteiger partial charge in [0.1, 0.15) is 29.6 Å². The maximum absolute atomic E-state index is 13.2. The van der Waals surface area contributed by atoms with Gasteiger partial charge in [0.15, 0.2) is 57.3 Å². The summed E-state index contributed by atoms with van der Waals surface area (Å²) in [5.74, 6) is 3.41. The number of anilines is 2. The van der Waals surface area contributed by atoms with Crippen LogP contribution in [0.1, 0.15) is 81.1 Å². The first-order chi connectivity index (χ1) is 38.0. The van der Waals surface area contributed by atoms with Gasteiger partial charge in [-0.1, -0.05) is 16.7 Å². The van der Waals surface area contributed by atoms with Gasteiger partial charge in [-0.05, 0) is 155 Å². The van der Waals surface area contributed by atoms with Crippen molar-refractivity contribution in [3.05, 3.63) is 45.9 Å².